The number of likely N-dealkylation sites (N-methyl/N-ethyl adjacent to an activating group) is 1. The van der Waals surface area contributed by atoms with E-state index in [1.54, 1.807) is 5.56 Å². The van der Waals surface area contributed by atoms with Gasteiger partial charge in [0.2, 0.25) is 0 Å². The molecule has 0 amide bonds. The summed E-state index contributed by atoms with van der Waals surface area (Å²) >= 11 is 0. The zero-order chi connectivity index (χ0) is 13.4. The van der Waals surface area contributed by atoms with E-state index in [0.717, 1.165) is 11.8 Å². The lowest BCUT2D eigenvalue weighted by molar-refractivity contribution is 0.327. The number of hydrogen-bond donors (Lipinski definition) is 1. The maximum Gasteiger partial charge on any atom is 0.0400 e. The van der Waals surface area contributed by atoms with E-state index in [0.29, 0.717) is 5.92 Å². The SMILES string of the molecule is CC(C)c1ccc2c(c1)C(C1CCNCC1)CN2C. The Morgan fingerprint density at radius 1 is 1.21 bits per heavy atom. The second-order valence-electron chi connectivity index (χ2n) is 6.55. The van der Waals surface area contributed by atoms with Crippen molar-refractivity contribution < 1.29 is 0 Å². The Morgan fingerprint density at radius 3 is 2.63 bits per heavy atom. The smallest absolute Gasteiger partial charge is 0.0400 e. The molecule has 2 aliphatic rings. The molecule has 3 rings (SSSR count). The van der Waals surface area contributed by atoms with Gasteiger partial charge in [0, 0.05) is 25.2 Å². The minimum Gasteiger partial charge on any atom is -0.374 e. The van der Waals surface area contributed by atoms with Crippen LogP contribution in [0.3, 0.4) is 0 Å². The van der Waals surface area contributed by atoms with E-state index in [2.05, 4.69) is 49.3 Å². The van der Waals surface area contributed by atoms with Gasteiger partial charge in [-0.2, -0.15) is 0 Å². The fourth-order valence-corrected chi connectivity index (χ4v) is 3.72. The van der Waals surface area contributed by atoms with Gasteiger partial charge in [0.15, 0.2) is 0 Å². The van der Waals surface area contributed by atoms with E-state index in [9.17, 15) is 0 Å². The number of hydrogen-bond acceptors (Lipinski definition) is 2. The molecule has 2 heteroatoms. The zero-order valence-corrected chi connectivity index (χ0v) is 12.4. The van der Waals surface area contributed by atoms with Crippen LogP contribution in [0, 0.1) is 5.92 Å². The highest BCUT2D eigenvalue weighted by atomic mass is 15.1. The van der Waals surface area contributed by atoms with Gasteiger partial charge in [0.1, 0.15) is 0 Å². The zero-order valence-electron chi connectivity index (χ0n) is 12.4. The summed E-state index contributed by atoms with van der Waals surface area (Å²) in [6.07, 6.45) is 2.67. The molecule has 2 aliphatic heterocycles. The van der Waals surface area contributed by atoms with Crippen LogP contribution >= 0.6 is 0 Å². The van der Waals surface area contributed by atoms with Crippen molar-refractivity contribution >= 4 is 5.69 Å². The van der Waals surface area contributed by atoms with E-state index in [1.165, 1.54) is 43.7 Å². The highest BCUT2D eigenvalue weighted by Crippen LogP contribution is 2.43. The molecule has 2 nitrogen and oxygen atoms in total. The third kappa shape index (κ3) is 2.38. The van der Waals surface area contributed by atoms with Gasteiger partial charge in [-0.05, 0) is 55.0 Å². The normalized spacial score (nSPS) is 24.0. The number of nitrogens with zero attached hydrogens (tertiary/aromatic N) is 1. The number of piperidine rings is 1. The van der Waals surface area contributed by atoms with Crippen molar-refractivity contribution in [2.24, 2.45) is 5.92 Å². The predicted octanol–water partition coefficient (Wildman–Crippen LogP) is 3.34. The Morgan fingerprint density at radius 2 is 1.95 bits per heavy atom. The largest absolute Gasteiger partial charge is 0.374 e. The molecule has 19 heavy (non-hydrogen) atoms. The standard InChI is InChI=1S/C17H26N2/c1-12(2)14-4-5-17-15(10-14)16(11-19(17)3)13-6-8-18-9-7-13/h4-5,10,12-13,16,18H,6-9,11H2,1-3H3. The Hall–Kier alpha value is -1.02. The van der Waals surface area contributed by atoms with Crippen molar-refractivity contribution in [1.29, 1.82) is 0 Å². The molecule has 0 spiro atoms. The van der Waals surface area contributed by atoms with Crippen molar-refractivity contribution in [2.75, 3.05) is 31.6 Å². The number of nitrogens with one attached hydrogen (secondary N) is 1. The van der Waals surface area contributed by atoms with Gasteiger partial charge in [-0.1, -0.05) is 26.0 Å². The first-order chi connectivity index (χ1) is 9.16. The van der Waals surface area contributed by atoms with E-state index >= 15 is 0 Å². The lowest BCUT2D eigenvalue weighted by Crippen LogP contribution is -2.32. The summed E-state index contributed by atoms with van der Waals surface area (Å²) in [4.78, 5) is 2.45. The molecule has 0 bridgehead atoms. The molecule has 2 heterocycles. The van der Waals surface area contributed by atoms with Crippen LogP contribution in [-0.2, 0) is 0 Å². The summed E-state index contributed by atoms with van der Waals surface area (Å²) in [5, 5.41) is 3.49. The second-order valence-corrected chi connectivity index (χ2v) is 6.55. The summed E-state index contributed by atoms with van der Waals surface area (Å²) in [5.41, 5.74) is 4.57. The van der Waals surface area contributed by atoms with Gasteiger partial charge in [0.25, 0.3) is 0 Å². The molecule has 0 aliphatic carbocycles. The first kappa shape index (κ1) is 13.0. The molecule has 1 atom stereocenters. The van der Waals surface area contributed by atoms with Crippen LogP contribution in [0.5, 0.6) is 0 Å². The minimum absolute atomic E-state index is 0.630. The summed E-state index contributed by atoms with van der Waals surface area (Å²) in [6, 6.07) is 7.13. The van der Waals surface area contributed by atoms with Crippen molar-refractivity contribution in [1.82, 2.24) is 5.32 Å². The van der Waals surface area contributed by atoms with Crippen LogP contribution < -0.4 is 10.2 Å². The van der Waals surface area contributed by atoms with E-state index < -0.39 is 0 Å². The van der Waals surface area contributed by atoms with Crippen molar-refractivity contribution in [3.63, 3.8) is 0 Å². The third-order valence-corrected chi connectivity index (χ3v) is 4.95. The molecule has 0 aromatic heterocycles. The number of anilines is 1. The fourth-order valence-electron chi connectivity index (χ4n) is 3.72. The first-order valence-electron chi connectivity index (χ1n) is 7.72. The van der Waals surface area contributed by atoms with Gasteiger partial charge in [-0.15, -0.1) is 0 Å². The predicted molar refractivity (Wildman–Crippen MR) is 82.1 cm³/mol. The van der Waals surface area contributed by atoms with E-state index in [-0.39, 0.29) is 0 Å². The Bertz CT molecular complexity index is 447. The fraction of sp³-hybridized carbons (Fsp3) is 0.647. The molecular weight excluding hydrogens is 232 g/mol. The van der Waals surface area contributed by atoms with Crippen LogP contribution in [0.2, 0.25) is 0 Å². The second kappa shape index (κ2) is 5.16. The van der Waals surface area contributed by atoms with Crippen LogP contribution in [-0.4, -0.2) is 26.7 Å². The highest BCUT2D eigenvalue weighted by molar-refractivity contribution is 5.61. The minimum atomic E-state index is 0.630. The Kier molecular flexibility index (Phi) is 3.53. The molecule has 1 fully saturated rings. The molecule has 1 N–H and O–H groups in total. The molecule has 0 saturated carbocycles. The van der Waals surface area contributed by atoms with Crippen LogP contribution in [0.15, 0.2) is 18.2 Å². The molecule has 1 unspecified atom stereocenters. The molecule has 0 radical (unpaired) electrons. The lowest BCUT2D eigenvalue weighted by atomic mass is 9.81. The summed E-state index contributed by atoms with van der Waals surface area (Å²) in [6.45, 7) is 8.19. The average Bonchev–Trinajstić information content (AvgIpc) is 2.77. The van der Waals surface area contributed by atoms with Crippen molar-refractivity contribution in [3.8, 4) is 0 Å². The maximum atomic E-state index is 3.49. The van der Waals surface area contributed by atoms with E-state index in [1.807, 2.05) is 0 Å². The van der Waals surface area contributed by atoms with Gasteiger partial charge < -0.3 is 10.2 Å². The van der Waals surface area contributed by atoms with Gasteiger partial charge in [-0.3, -0.25) is 0 Å². The third-order valence-electron chi connectivity index (χ3n) is 4.95. The molecule has 1 aromatic rings. The molecule has 104 valence electrons. The van der Waals surface area contributed by atoms with Gasteiger partial charge in [-0.25, -0.2) is 0 Å². The monoisotopic (exact) mass is 258 g/mol. The maximum absolute atomic E-state index is 3.49. The number of fused-ring (bicyclic) bond motifs is 1. The summed E-state index contributed by atoms with van der Waals surface area (Å²) in [5.74, 6) is 2.25. The van der Waals surface area contributed by atoms with Crippen LogP contribution in [0.4, 0.5) is 5.69 Å². The van der Waals surface area contributed by atoms with Crippen LogP contribution in [0.1, 0.15) is 49.7 Å². The van der Waals surface area contributed by atoms with Gasteiger partial charge in [0.05, 0.1) is 0 Å². The number of rotatable bonds is 2. The van der Waals surface area contributed by atoms with Crippen molar-refractivity contribution in [3.05, 3.63) is 29.3 Å². The van der Waals surface area contributed by atoms with Crippen LogP contribution in [0.25, 0.3) is 0 Å². The first-order valence-corrected chi connectivity index (χ1v) is 7.72. The van der Waals surface area contributed by atoms with Gasteiger partial charge >= 0.3 is 0 Å². The summed E-state index contributed by atoms with van der Waals surface area (Å²) in [7, 11) is 2.24. The number of benzene rings is 1. The quantitative estimate of drug-likeness (QED) is 0.875. The van der Waals surface area contributed by atoms with Crippen molar-refractivity contribution in [2.45, 2.75) is 38.5 Å². The Labute approximate surface area is 117 Å². The summed E-state index contributed by atoms with van der Waals surface area (Å²) < 4.78 is 0. The topological polar surface area (TPSA) is 15.3 Å². The average molecular weight is 258 g/mol. The molecule has 1 saturated heterocycles. The van der Waals surface area contributed by atoms with E-state index in [4.69, 9.17) is 0 Å². The Balaban J connectivity index is 1.92. The molecular formula is C17H26N2. The molecule has 1 aromatic carbocycles. The highest BCUT2D eigenvalue weighted by Gasteiger charge is 2.33. The lowest BCUT2D eigenvalue weighted by Gasteiger charge is -2.28.